The van der Waals surface area contributed by atoms with Crippen molar-refractivity contribution in [1.82, 2.24) is 5.32 Å². The molecule has 0 spiro atoms. The van der Waals surface area contributed by atoms with E-state index in [2.05, 4.69) is 24.4 Å². The molecule has 26 heavy (non-hydrogen) atoms. The molecule has 0 aromatic heterocycles. The Morgan fingerprint density at radius 3 is 1.85 bits per heavy atom. The molecule has 0 radical (unpaired) electrons. The molecule has 1 amide bonds. The molecule has 5 nitrogen and oxygen atoms in total. The van der Waals surface area contributed by atoms with Gasteiger partial charge in [-0.1, -0.05) is 70.4 Å². The van der Waals surface area contributed by atoms with Crippen LogP contribution in [-0.2, 0) is 9.59 Å². The summed E-state index contributed by atoms with van der Waals surface area (Å²) in [5.41, 5.74) is 0. The summed E-state index contributed by atoms with van der Waals surface area (Å²) in [5.74, 6) is -1.51. The fraction of sp³-hybridized carbons (Fsp3) is 0.810. The molecule has 0 fully saturated rings. The number of allylic oxidation sites excluding steroid dienone is 2. The van der Waals surface area contributed by atoms with Crippen LogP contribution in [0, 0.1) is 0 Å². The van der Waals surface area contributed by atoms with Crippen molar-refractivity contribution in [2.45, 2.75) is 103 Å². The number of rotatable bonds is 18. The third kappa shape index (κ3) is 16.1. The molecule has 1 atom stereocenters. The molecule has 5 heteroatoms. The Kier molecular flexibility index (Phi) is 17.5. The van der Waals surface area contributed by atoms with Crippen LogP contribution in [0.2, 0.25) is 0 Å². The highest BCUT2D eigenvalue weighted by Gasteiger charge is 2.17. The summed E-state index contributed by atoms with van der Waals surface area (Å²) in [5, 5.41) is 19.9. The van der Waals surface area contributed by atoms with Crippen LogP contribution < -0.4 is 5.32 Å². The van der Waals surface area contributed by atoms with Crippen molar-refractivity contribution in [3.05, 3.63) is 12.2 Å². The first-order valence-corrected chi connectivity index (χ1v) is 10.4. The van der Waals surface area contributed by atoms with E-state index in [0.29, 0.717) is 6.42 Å². The highest BCUT2D eigenvalue weighted by atomic mass is 16.4. The first-order chi connectivity index (χ1) is 12.6. The van der Waals surface area contributed by atoms with Crippen molar-refractivity contribution in [1.29, 1.82) is 0 Å². The molecule has 0 unspecified atom stereocenters. The predicted molar refractivity (Wildman–Crippen MR) is 106 cm³/mol. The minimum atomic E-state index is -1.20. The summed E-state index contributed by atoms with van der Waals surface area (Å²) in [6.07, 6.45) is 20.5. The van der Waals surface area contributed by atoms with E-state index in [1.807, 2.05) is 0 Å². The van der Waals surface area contributed by atoms with Crippen LogP contribution in [0.25, 0.3) is 0 Å². The summed E-state index contributed by atoms with van der Waals surface area (Å²) in [6.45, 7) is 1.67. The van der Waals surface area contributed by atoms with Gasteiger partial charge >= 0.3 is 5.97 Å². The van der Waals surface area contributed by atoms with Crippen LogP contribution in [-0.4, -0.2) is 34.7 Å². The zero-order chi connectivity index (χ0) is 19.5. The Morgan fingerprint density at radius 2 is 1.35 bits per heavy atom. The maximum atomic E-state index is 11.6. The average Bonchev–Trinajstić information content (AvgIpc) is 2.62. The van der Waals surface area contributed by atoms with Gasteiger partial charge in [-0.2, -0.15) is 0 Å². The molecule has 0 bridgehead atoms. The second-order valence-electron chi connectivity index (χ2n) is 6.98. The number of carbonyl (C=O) groups excluding carboxylic acids is 1. The molecule has 0 aliphatic heterocycles. The van der Waals surface area contributed by atoms with E-state index < -0.39 is 18.6 Å². The van der Waals surface area contributed by atoms with E-state index in [0.717, 1.165) is 32.1 Å². The number of amides is 1. The standard InChI is InChI=1S/C21H39NO4/c1-2-3-4-5-6-7-8-9-10-11-12-13-14-15-16-17-20(24)22-19(18-23)21(25)26/h9-10,19,23H,2-8,11-18H2,1H3,(H,22,24)(H,25,26)/b10-9+/t19-/m0/s1. The fourth-order valence-corrected chi connectivity index (χ4v) is 2.81. The van der Waals surface area contributed by atoms with Gasteiger partial charge in [0.25, 0.3) is 0 Å². The Hall–Kier alpha value is -1.36. The number of carboxylic acid groups (broad SMARTS) is 1. The first-order valence-electron chi connectivity index (χ1n) is 10.4. The smallest absolute Gasteiger partial charge is 0.328 e. The Bertz CT molecular complexity index is 382. The van der Waals surface area contributed by atoms with Crippen LogP contribution in [0.3, 0.4) is 0 Å². The van der Waals surface area contributed by atoms with Gasteiger partial charge in [0.15, 0.2) is 0 Å². The molecular weight excluding hydrogens is 330 g/mol. The lowest BCUT2D eigenvalue weighted by Crippen LogP contribution is -2.43. The van der Waals surface area contributed by atoms with Crippen molar-refractivity contribution >= 4 is 11.9 Å². The highest BCUT2D eigenvalue weighted by molar-refractivity contribution is 5.83. The summed E-state index contributed by atoms with van der Waals surface area (Å²) >= 11 is 0. The van der Waals surface area contributed by atoms with E-state index in [1.54, 1.807) is 0 Å². The van der Waals surface area contributed by atoms with Crippen LogP contribution in [0.1, 0.15) is 96.8 Å². The summed E-state index contributed by atoms with van der Waals surface area (Å²) < 4.78 is 0. The number of hydrogen-bond donors (Lipinski definition) is 3. The highest BCUT2D eigenvalue weighted by Crippen LogP contribution is 2.10. The van der Waals surface area contributed by atoms with E-state index >= 15 is 0 Å². The molecule has 0 saturated heterocycles. The van der Waals surface area contributed by atoms with Crippen molar-refractivity contribution in [3.63, 3.8) is 0 Å². The van der Waals surface area contributed by atoms with Crippen molar-refractivity contribution in [2.75, 3.05) is 6.61 Å². The SMILES string of the molecule is CCCCCCCC/C=C/CCCCCCCC(=O)N[C@@H](CO)C(=O)O. The Labute approximate surface area is 159 Å². The van der Waals surface area contributed by atoms with Gasteiger partial charge in [0.1, 0.15) is 6.04 Å². The maximum Gasteiger partial charge on any atom is 0.328 e. The van der Waals surface area contributed by atoms with Crippen LogP contribution >= 0.6 is 0 Å². The number of carboxylic acids is 1. The number of hydrogen-bond acceptors (Lipinski definition) is 3. The van der Waals surface area contributed by atoms with Gasteiger partial charge in [0.2, 0.25) is 5.91 Å². The minimum absolute atomic E-state index is 0.302. The van der Waals surface area contributed by atoms with Crippen molar-refractivity contribution in [2.24, 2.45) is 0 Å². The van der Waals surface area contributed by atoms with Crippen molar-refractivity contribution in [3.8, 4) is 0 Å². The van der Waals surface area contributed by atoms with Crippen LogP contribution in [0.5, 0.6) is 0 Å². The molecular formula is C21H39NO4. The molecule has 0 rings (SSSR count). The second-order valence-corrected chi connectivity index (χ2v) is 6.98. The van der Waals surface area contributed by atoms with Gasteiger partial charge < -0.3 is 15.5 Å². The molecule has 3 N–H and O–H groups in total. The lowest BCUT2D eigenvalue weighted by molar-refractivity contribution is -0.142. The molecule has 0 saturated carbocycles. The van der Waals surface area contributed by atoms with Gasteiger partial charge in [-0.25, -0.2) is 4.79 Å². The molecule has 0 aromatic rings. The van der Waals surface area contributed by atoms with Crippen LogP contribution in [0.4, 0.5) is 0 Å². The average molecular weight is 370 g/mol. The van der Waals surface area contributed by atoms with E-state index in [4.69, 9.17) is 10.2 Å². The third-order valence-electron chi connectivity index (χ3n) is 4.48. The normalized spacial score (nSPS) is 12.4. The zero-order valence-electron chi connectivity index (χ0n) is 16.5. The van der Waals surface area contributed by atoms with Gasteiger partial charge in [-0.05, 0) is 32.1 Å². The number of aliphatic hydroxyl groups is 1. The molecule has 0 heterocycles. The van der Waals surface area contributed by atoms with Crippen LogP contribution in [0.15, 0.2) is 12.2 Å². The monoisotopic (exact) mass is 369 g/mol. The number of carbonyl (C=O) groups is 2. The Balaban J connectivity index is 3.36. The summed E-state index contributed by atoms with van der Waals surface area (Å²) in [7, 11) is 0. The van der Waals surface area contributed by atoms with Gasteiger partial charge in [0, 0.05) is 6.42 Å². The van der Waals surface area contributed by atoms with Gasteiger partial charge in [-0.15, -0.1) is 0 Å². The molecule has 0 aliphatic rings. The van der Waals surface area contributed by atoms with E-state index in [-0.39, 0.29) is 5.91 Å². The van der Waals surface area contributed by atoms with E-state index in [1.165, 1.54) is 51.4 Å². The lowest BCUT2D eigenvalue weighted by Gasteiger charge is -2.11. The van der Waals surface area contributed by atoms with E-state index in [9.17, 15) is 9.59 Å². The largest absolute Gasteiger partial charge is 0.480 e. The van der Waals surface area contributed by atoms with Crippen molar-refractivity contribution < 1.29 is 19.8 Å². The lowest BCUT2D eigenvalue weighted by atomic mass is 10.1. The number of unbranched alkanes of at least 4 members (excludes halogenated alkanes) is 11. The number of nitrogens with one attached hydrogen (secondary N) is 1. The Morgan fingerprint density at radius 1 is 0.846 bits per heavy atom. The molecule has 152 valence electrons. The summed E-state index contributed by atoms with van der Waals surface area (Å²) in [6, 6.07) is -1.19. The zero-order valence-corrected chi connectivity index (χ0v) is 16.5. The quantitative estimate of drug-likeness (QED) is 0.244. The number of aliphatic hydroxyl groups excluding tert-OH is 1. The maximum absolute atomic E-state index is 11.6. The molecule has 0 aliphatic carbocycles. The fourth-order valence-electron chi connectivity index (χ4n) is 2.81. The topological polar surface area (TPSA) is 86.6 Å². The summed E-state index contributed by atoms with van der Waals surface area (Å²) in [4.78, 5) is 22.3. The van der Waals surface area contributed by atoms with Gasteiger partial charge in [-0.3, -0.25) is 4.79 Å². The predicted octanol–water partition coefficient (Wildman–Crippen LogP) is 4.59. The second kappa shape index (κ2) is 18.4. The van der Waals surface area contributed by atoms with Gasteiger partial charge in [0.05, 0.1) is 6.61 Å². The number of aliphatic carboxylic acids is 1. The third-order valence-corrected chi connectivity index (χ3v) is 4.48. The minimum Gasteiger partial charge on any atom is -0.480 e. The first kappa shape index (κ1) is 24.6. The molecule has 0 aromatic carbocycles.